The molecule has 0 saturated carbocycles. The Labute approximate surface area is 211 Å². The smallest absolute Gasteiger partial charge is 0.329 e. The lowest BCUT2D eigenvalue weighted by Gasteiger charge is -2.18. The molecule has 2 aromatic heterocycles. The van der Waals surface area contributed by atoms with Crippen molar-refractivity contribution in [1.29, 1.82) is 0 Å². The van der Waals surface area contributed by atoms with Crippen molar-refractivity contribution in [2.75, 3.05) is 13.2 Å². The molecule has 0 amide bonds. The van der Waals surface area contributed by atoms with Crippen LogP contribution in [0.25, 0.3) is 22.5 Å². The maximum atomic E-state index is 13.1. The molecule has 4 aromatic rings. The van der Waals surface area contributed by atoms with Crippen LogP contribution in [0.4, 0.5) is 0 Å². The lowest BCUT2D eigenvalue weighted by Crippen LogP contribution is -2.25. The number of aryl methyl sites for hydroxylation is 1. The number of imidazole rings is 2. The molecule has 0 spiro atoms. The highest BCUT2D eigenvalue weighted by Crippen LogP contribution is 2.34. The van der Waals surface area contributed by atoms with Gasteiger partial charge in [-0.05, 0) is 55.7 Å². The molecular weight excluding hydrogens is 512 g/mol. The van der Waals surface area contributed by atoms with Crippen LogP contribution in [0.15, 0.2) is 57.8 Å². The fourth-order valence-corrected chi connectivity index (χ4v) is 4.39. The third-order valence-corrected chi connectivity index (χ3v) is 6.28. The van der Waals surface area contributed by atoms with Crippen LogP contribution in [0.3, 0.4) is 0 Å². The molecule has 0 radical (unpaired) electrons. The summed E-state index contributed by atoms with van der Waals surface area (Å²) in [4.78, 5) is 24.1. The monoisotopic (exact) mass is 540 g/mol. The summed E-state index contributed by atoms with van der Waals surface area (Å²) in [5.41, 5.74) is 3.22. The van der Waals surface area contributed by atoms with Gasteiger partial charge in [-0.15, -0.1) is 0 Å². The Balaban J connectivity index is 1.73. The van der Waals surface area contributed by atoms with Crippen LogP contribution in [-0.4, -0.2) is 42.9 Å². The Kier molecular flexibility index (Phi) is 7.47. The molecule has 0 aliphatic rings. The van der Waals surface area contributed by atoms with Crippen molar-refractivity contribution in [3.63, 3.8) is 0 Å². The predicted molar refractivity (Wildman–Crippen MR) is 139 cm³/mol. The normalized spacial score (nSPS) is 12.3. The number of halogens is 1. The number of aliphatic hydroxyl groups is 1. The first-order chi connectivity index (χ1) is 16.8. The van der Waals surface area contributed by atoms with E-state index in [0.29, 0.717) is 29.3 Å². The second-order valence-electron chi connectivity index (χ2n) is 8.84. The summed E-state index contributed by atoms with van der Waals surface area (Å²) in [6, 6.07) is 14.4. The van der Waals surface area contributed by atoms with Crippen molar-refractivity contribution in [1.82, 2.24) is 19.5 Å². The van der Waals surface area contributed by atoms with Crippen molar-refractivity contribution >= 4 is 15.9 Å². The largest absolute Gasteiger partial charge is 0.493 e. The van der Waals surface area contributed by atoms with Crippen molar-refractivity contribution in [3.8, 4) is 34.1 Å². The quantitative estimate of drug-likeness (QED) is 0.238. The SMILES string of the molecule is Cc1[nH]c([C@@H](CC(C)C)n2c(O)c(-c3ccc(OCCO)cc3)[nH]c2=O)nc1-c1ccc(Br)cc1. The number of nitrogens with one attached hydrogen (secondary N) is 2. The van der Waals surface area contributed by atoms with Gasteiger partial charge in [-0.2, -0.15) is 0 Å². The van der Waals surface area contributed by atoms with Gasteiger partial charge in [0.1, 0.15) is 23.9 Å². The number of benzene rings is 2. The summed E-state index contributed by atoms with van der Waals surface area (Å²) >= 11 is 3.46. The summed E-state index contributed by atoms with van der Waals surface area (Å²) in [7, 11) is 0. The van der Waals surface area contributed by atoms with E-state index in [0.717, 1.165) is 21.4 Å². The molecule has 0 unspecified atom stereocenters. The number of nitrogens with zero attached hydrogens (tertiary/aromatic N) is 2. The van der Waals surface area contributed by atoms with Crippen molar-refractivity contribution in [2.24, 2.45) is 5.92 Å². The molecule has 1 atom stereocenters. The number of H-pyrrole nitrogens is 2. The van der Waals surface area contributed by atoms with Gasteiger partial charge in [-0.1, -0.05) is 41.9 Å². The van der Waals surface area contributed by atoms with Gasteiger partial charge in [-0.3, -0.25) is 4.57 Å². The number of ether oxygens (including phenoxy) is 1. The summed E-state index contributed by atoms with van der Waals surface area (Å²) < 4.78 is 7.75. The molecule has 8 nitrogen and oxygen atoms in total. The number of aromatic amines is 2. The van der Waals surface area contributed by atoms with E-state index in [1.54, 1.807) is 24.3 Å². The highest BCUT2D eigenvalue weighted by molar-refractivity contribution is 9.10. The van der Waals surface area contributed by atoms with Gasteiger partial charge in [0.2, 0.25) is 5.88 Å². The number of aliphatic hydroxyl groups excluding tert-OH is 1. The first-order valence-electron chi connectivity index (χ1n) is 11.5. The van der Waals surface area contributed by atoms with Crippen molar-refractivity contribution < 1.29 is 14.9 Å². The minimum atomic E-state index is -0.484. The fraction of sp³-hybridized carbons (Fsp3) is 0.308. The second kappa shape index (κ2) is 10.5. The highest BCUT2D eigenvalue weighted by Gasteiger charge is 2.27. The average molecular weight is 541 g/mol. The summed E-state index contributed by atoms with van der Waals surface area (Å²) in [6.07, 6.45) is 0.603. The third-order valence-electron chi connectivity index (χ3n) is 5.75. The van der Waals surface area contributed by atoms with Crippen molar-refractivity contribution in [2.45, 2.75) is 33.2 Å². The zero-order valence-electron chi connectivity index (χ0n) is 19.9. The van der Waals surface area contributed by atoms with Crippen molar-refractivity contribution in [3.05, 3.63) is 75.0 Å². The van der Waals surface area contributed by atoms with Gasteiger partial charge < -0.3 is 24.9 Å². The van der Waals surface area contributed by atoms with Crippen LogP contribution in [0.1, 0.15) is 37.8 Å². The van der Waals surface area contributed by atoms with E-state index >= 15 is 0 Å². The zero-order chi connectivity index (χ0) is 25.1. The molecule has 2 aromatic carbocycles. The van der Waals surface area contributed by atoms with Gasteiger partial charge in [0.25, 0.3) is 0 Å². The molecule has 0 fully saturated rings. The Bertz CT molecular complexity index is 1340. The number of rotatable bonds is 9. The van der Waals surface area contributed by atoms with Gasteiger partial charge in [0.05, 0.1) is 18.3 Å². The Morgan fingerprint density at radius 2 is 1.71 bits per heavy atom. The topological polar surface area (TPSA) is 116 Å². The number of hydrogen-bond acceptors (Lipinski definition) is 5. The van der Waals surface area contributed by atoms with Gasteiger partial charge in [0.15, 0.2) is 0 Å². The maximum absolute atomic E-state index is 13.1. The van der Waals surface area contributed by atoms with E-state index in [1.807, 2.05) is 31.2 Å². The molecular formula is C26H29BrN4O4. The number of hydrogen-bond donors (Lipinski definition) is 4. The molecule has 184 valence electrons. The van der Waals surface area contributed by atoms with Gasteiger partial charge in [0, 0.05) is 21.3 Å². The standard InChI is InChI=1S/C26H29BrN4O4/c1-15(2)14-21(24-28-16(3)22(29-24)17-4-8-19(27)9-5-17)31-25(33)23(30-26(31)34)18-6-10-20(11-7-18)35-13-12-32/h4-11,15,21,32-33H,12-14H2,1-3H3,(H,28,29)(H,30,34)/t21-/m1/s1. The lowest BCUT2D eigenvalue weighted by atomic mass is 10.0. The van der Waals surface area contributed by atoms with E-state index in [-0.39, 0.29) is 25.0 Å². The number of aromatic hydroxyl groups is 1. The Hall–Kier alpha value is -3.30. The average Bonchev–Trinajstić information content (AvgIpc) is 3.36. The summed E-state index contributed by atoms with van der Waals surface area (Å²) in [6.45, 7) is 6.20. The van der Waals surface area contributed by atoms with Crippen LogP contribution in [0, 0.1) is 12.8 Å². The third kappa shape index (κ3) is 5.36. The minimum absolute atomic E-state index is 0.0776. The first-order valence-corrected chi connectivity index (χ1v) is 12.3. The fourth-order valence-electron chi connectivity index (χ4n) is 4.13. The lowest BCUT2D eigenvalue weighted by molar-refractivity contribution is 0.201. The molecule has 0 saturated heterocycles. The molecule has 4 rings (SSSR count). The number of aromatic nitrogens is 4. The van der Waals surface area contributed by atoms with E-state index < -0.39 is 11.7 Å². The second-order valence-corrected chi connectivity index (χ2v) is 9.76. The van der Waals surface area contributed by atoms with Crippen LogP contribution in [0.2, 0.25) is 0 Å². The zero-order valence-corrected chi connectivity index (χ0v) is 21.5. The molecule has 4 N–H and O–H groups in total. The summed E-state index contributed by atoms with van der Waals surface area (Å²) in [5.74, 6) is 1.30. The Morgan fingerprint density at radius 3 is 2.34 bits per heavy atom. The van der Waals surface area contributed by atoms with Crippen LogP contribution in [-0.2, 0) is 0 Å². The highest BCUT2D eigenvalue weighted by atomic mass is 79.9. The molecule has 0 aliphatic heterocycles. The van der Waals surface area contributed by atoms with Crippen LogP contribution in [0.5, 0.6) is 11.6 Å². The van der Waals surface area contributed by atoms with Gasteiger partial charge >= 0.3 is 5.69 Å². The van der Waals surface area contributed by atoms with E-state index in [4.69, 9.17) is 14.8 Å². The molecule has 35 heavy (non-hydrogen) atoms. The van der Waals surface area contributed by atoms with E-state index in [1.165, 1.54) is 4.57 Å². The molecule has 2 heterocycles. The molecule has 0 bridgehead atoms. The van der Waals surface area contributed by atoms with Crippen LogP contribution >= 0.6 is 15.9 Å². The predicted octanol–water partition coefficient (Wildman–Crippen LogP) is 5.02. The first kappa shape index (κ1) is 24.8. The Morgan fingerprint density at radius 1 is 1.06 bits per heavy atom. The van der Waals surface area contributed by atoms with Crippen LogP contribution < -0.4 is 10.4 Å². The molecule has 0 aliphatic carbocycles. The molecule has 9 heteroatoms. The summed E-state index contributed by atoms with van der Waals surface area (Å²) in [5, 5.41) is 20.1. The van der Waals surface area contributed by atoms with E-state index in [2.05, 4.69) is 39.7 Å². The minimum Gasteiger partial charge on any atom is -0.493 e. The van der Waals surface area contributed by atoms with E-state index in [9.17, 15) is 9.90 Å². The maximum Gasteiger partial charge on any atom is 0.329 e. The van der Waals surface area contributed by atoms with Gasteiger partial charge in [-0.25, -0.2) is 9.78 Å².